The van der Waals surface area contributed by atoms with Crippen molar-refractivity contribution >= 4 is 37.5 Å². The number of hydrogen-bond acceptors (Lipinski definition) is 2. The lowest BCUT2D eigenvalue weighted by atomic mass is 10.2. The van der Waals surface area contributed by atoms with Crippen LogP contribution in [0.1, 0.15) is 18.9 Å². The highest BCUT2D eigenvalue weighted by Gasteiger charge is 2.12. The third kappa shape index (κ3) is 2.76. The topological polar surface area (TPSA) is 16.8 Å². The number of benzene rings is 1. The Morgan fingerprint density at radius 2 is 2.10 bits per heavy atom. The molecule has 0 N–H and O–H groups in total. The molecule has 102 valence electrons. The lowest BCUT2D eigenvalue weighted by molar-refractivity contribution is -0.697. The molecule has 0 saturated carbocycles. The molecule has 2 nitrogen and oxygen atoms in total. The average Bonchev–Trinajstić information content (AvgIpc) is 2.81. The molecule has 0 aliphatic carbocycles. The number of aryl methyl sites for hydroxylation is 2. The second-order valence-corrected chi connectivity index (χ2v) is 6.92. The molecular weight excluding hydrogens is 332 g/mol. The summed E-state index contributed by atoms with van der Waals surface area (Å²) in [6.07, 6.45) is 5.42. The Morgan fingerprint density at radius 3 is 2.90 bits per heavy atom. The van der Waals surface area contributed by atoms with E-state index in [-0.39, 0.29) is 0 Å². The van der Waals surface area contributed by atoms with Crippen molar-refractivity contribution in [3.63, 3.8) is 0 Å². The normalized spacial score (nSPS) is 11.2. The molecule has 1 aromatic carbocycles. The SMILES string of the molecule is CCC[n+]1cc(Br)cc(-c2nc3ccc(C)cc3s2)c1. The largest absolute Gasteiger partial charge is 0.236 e. The Bertz CT molecular complexity index is 764. The van der Waals surface area contributed by atoms with E-state index in [9.17, 15) is 0 Å². The fraction of sp³-hybridized carbons (Fsp3) is 0.250. The molecule has 0 radical (unpaired) electrons. The molecule has 0 fully saturated rings. The van der Waals surface area contributed by atoms with Crippen molar-refractivity contribution in [1.29, 1.82) is 0 Å². The van der Waals surface area contributed by atoms with Crippen molar-refractivity contribution in [2.75, 3.05) is 0 Å². The zero-order valence-electron chi connectivity index (χ0n) is 11.6. The maximum absolute atomic E-state index is 4.75. The van der Waals surface area contributed by atoms with Gasteiger partial charge in [0.2, 0.25) is 0 Å². The second-order valence-electron chi connectivity index (χ2n) is 4.97. The van der Waals surface area contributed by atoms with Gasteiger partial charge in [-0.25, -0.2) is 9.55 Å². The predicted molar refractivity (Wildman–Crippen MR) is 88.0 cm³/mol. The first-order valence-corrected chi connectivity index (χ1v) is 8.34. The quantitative estimate of drug-likeness (QED) is 0.625. The molecule has 0 aliphatic rings. The van der Waals surface area contributed by atoms with E-state index < -0.39 is 0 Å². The summed E-state index contributed by atoms with van der Waals surface area (Å²) < 4.78 is 4.57. The number of nitrogens with zero attached hydrogens (tertiary/aromatic N) is 2. The van der Waals surface area contributed by atoms with Gasteiger partial charge in [-0.05, 0) is 46.6 Å². The highest BCUT2D eigenvalue weighted by Crippen LogP contribution is 2.31. The second kappa shape index (κ2) is 5.62. The van der Waals surface area contributed by atoms with Gasteiger partial charge in [0.05, 0.1) is 20.3 Å². The molecule has 0 spiro atoms. The van der Waals surface area contributed by atoms with Crippen LogP contribution in [0.2, 0.25) is 0 Å². The zero-order chi connectivity index (χ0) is 14.1. The van der Waals surface area contributed by atoms with Crippen molar-refractivity contribution in [3.8, 4) is 10.6 Å². The first-order chi connectivity index (χ1) is 9.65. The standard InChI is InChI=1S/C16H16BrN2S/c1-3-6-19-9-12(8-13(17)10-19)16-18-14-5-4-11(2)7-15(14)20-16/h4-5,7-10H,3,6H2,1-2H3/q+1. The smallest absolute Gasteiger partial charge is 0.183 e. The third-order valence-corrected chi connectivity index (χ3v) is 4.66. The summed E-state index contributed by atoms with van der Waals surface area (Å²) in [6, 6.07) is 8.55. The Labute approximate surface area is 131 Å². The molecule has 4 heteroatoms. The number of pyridine rings is 1. The van der Waals surface area contributed by atoms with E-state index in [0.29, 0.717) is 0 Å². The summed E-state index contributed by atoms with van der Waals surface area (Å²) in [6.45, 7) is 5.33. The monoisotopic (exact) mass is 347 g/mol. The maximum Gasteiger partial charge on any atom is 0.183 e. The van der Waals surface area contributed by atoms with Crippen molar-refractivity contribution in [1.82, 2.24) is 4.98 Å². The van der Waals surface area contributed by atoms with E-state index in [2.05, 4.69) is 71.0 Å². The molecule has 0 aliphatic heterocycles. The van der Waals surface area contributed by atoms with Crippen LogP contribution in [-0.4, -0.2) is 4.98 Å². The number of rotatable bonds is 3. The van der Waals surface area contributed by atoms with Gasteiger partial charge < -0.3 is 0 Å². The lowest BCUT2D eigenvalue weighted by Gasteiger charge is -1.98. The van der Waals surface area contributed by atoms with Crippen LogP contribution in [0.3, 0.4) is 0 Å². The molecule has 0 amide bonds. The summed E-state index contributed by atoms with van der Waals surface area (Å²) in [7, 11) is 0. The van der Waals surface area contributed by atoms with Gasteiger partial charge in [-0.2, -0.15) is 0 Å². The molecule has 20 heavy (non-hydrogen) atoms. The van der Waals surface area contributed by atoms with Gasteiger partial charge in [-0.15, -0.1) is 11.3 Å². The molecule has 2 aromatic heterocycles. The van der Waals surface area contributed by atoms with E-state index >= 15 is 0 Å². The van der Waals surface area contributed by atoms with Crippen LogP contribution in [-0.2, 0) is 6.54 Å². The van der Waals surface area contributed by atoms with Gasteiger partial charge >= 0.3 is 0 Å². The fourth-order valence-electron chi connectivity index (χ4n) is 2.26. The Balaban J connectivity index is 2.10. The van der Waals surface area contributed by atoms with E-state index in [1.54, 1.807) is 11.3 Å². The summed E-state index contributed by atoms with van der Waals surface area (Å²) in [5, 5.41) is 1.08. The van der Waals surface area contributed by atoms with E-state index in [1.807, 2.05) is 0 Å². The van der Waals surface area contributed by atoms with Gasteiger partial charge in [0, 0.05) is 6.42 Å². The van der Waals surface area contributed by atoms with Crippen LogP contribution in [0.4, 0.5) is 0 Å². The van der Waals surface area contributed by atoms with Crippen LogP contribution < -0.4 is 4.57 Å². The molecule has 0 unspecified atom stereocenters. The summed E-state index contributed by atoms with van der Waals surface area (Å²) >= 11 is 5.35. The first kappa shape index (κ1) is 13.7. The molecule has 3 aromatic rings. The minimum atomic E-state index is 1.02. The predicted octanol–water partition coefficient (Wildman–Crippen LogP) is 4.73. The molecule has 2 heterocycles. The third-order valence-electron chi connectivity index (χ3n) is 3.16. The fourth-order valence-corrected chi connectivity index (χ4v) is 3.81. The molecular formula is C16H16BrN2S+. The Kier molecular flexibility index (Phi) is 3.85. The number of fused-ring (bicyclic) bond motifs is 1. The Hall–Kier alpha value is -1.26. The maximum atomic E-state index is 4.75. The van der Waals surface area contributed by atoms with Gasteiger partial charge in [-0.3, -0.25) is 0 Å². The zero-order valence-corrected chi connectivity index (χ0v) is 14.0. The average molecular weight is 348 g/mol. The van der Waals surface area contributed by atoms with Crippen LogP contribution in [0, 0.1) is 6.92 Å². The van der Waals surface area contributed by atoms with Crippen molar-refractivity contribution in [3.05, 3.63) is 46.7 Å². The van der Waals surface area contributed by atoms with Gasteiger partial charge in [0.15, 0.2) is 12.4 Å². The first-order valence-electron chi connectivity index (χ1n) is 6.73. The van der Waals surface area contributed by atoms with Crippen LogP contribution in [0.5, 0.6) is 0 Å². The highest BCUT2D eigenvalue weighted by molar-refractivity contribution is 9.10. The van der Waals surface area contributed by atoms with Gasteiger partial charge in [0.25, 0.3) is 0 Å². The van der Waals surface area contributed by atoms with E-state index in [0.717, 1.165) is 28.0 Å². The van der Waals surface area contributed by atoms with Gasteiger partial charge in [0.1, 0.15) is 11.6 Å². The van der Waals surface area contributed by atoms with Crippen LogP contribution in [0.15, 0.2) is 41.1 Å². The molecule has 0 saturated heterocycles. The summed E-state index contributed by atoms with van der Waals surface area (Å²) in [5.74, 6) is 0. The number of aromatic nitrogens is 2. The molecule has 3 rings (SSSR count). The number of hydrogen-bond donors (Lipinski definition) is 0. The molecule has 0 bridgehead atoms. The Morgan fingerprint density at radius 1 is 1.25 bits per heavy atom. The van der Waals surface area contributed by atoms with Crippen molar-refractivity contribution in [2.45, 2.75) is 26.8 Å². The molecule has 0 atom stereocenters. The highest BCUT2D eigenvalue weighted by atomic mass is 79.9. The van der Waals surface area contributed by atoms with Crippen LogP contribution in [0.25, 0.3) is 20.8 Å². The van der Waals surface area contributed by atoms with Crippen molar-refractivity contribution < 1.29 is 4.57 Å². The minimum Gasteiger partial charge on any atom is -0.236 e. The summed E-state index contributed by atoms with van der Waals surface area (Å²) in [4.78, 5) is 4.75. The minimum absolute atomic E-state index is 1.02. The van der Waals surface area contributed by atoms with Crippen molar-refractivity contribution in [2.24, 2.45) is 0 Å². The summed E-state index contributed by atoms with van der Waals surface area (Å²) in [5.41, 5.74) is 3.53. The number of thiazole rings is 1. The van der Waals surface area contributed by atoms with Crippen LogP contribution >= 0.6 is 27.3 Å². The van der Waals surface area contributed by atoms with E-state index in [1.165, 1.54) is 15.8 Å². The number of halogens is 1. The van der Waals surface area contributed by atoms with Gasteiger partial charge in [-0.1, -0.05) is 13.0 Å². The van der Waals surface area contributed by atoms with E-state index in [4.69, 9.17) is 4.98 Å². The lowest BCUT2D eigenvalue weighted by Crippen LogP contribution is -2.32.